The minimum atomic E-state index is 0.868. The molecule has 2 aromatic carbocycles. The van der Waals surface area contributed by atoms with Crippen molar-refractivity contribution in [3.05, 3.63) is 48.0 Å². The van der Waals surface area contributed by atoms with E-state index in [1.54, 1.807) is 0 Å². The highest BCUT2D eigenvalue weighted by molar-refractivity contribution is 5.82. The van der Waals surface area contributed by atoms with Gasteiger partial charge in [-0.05, 0) is 67.8 Å². The van der Waals surface area contributed by atoms with Crippen LogP contribution in [0.2, 0.25) is 0 Å². The molecular weight excluding hydrogens is 244 g/mol. The maximum Gasteiger partial charge on any atom is 0.0233 e. The van der Waals surface area contributed by atoms with Gasteiger partial charge in [-0.15, -0.1) is 0 Å². The lowest BCUT2D eigenvalue weighted by atomic mass is 9.96. The Morgan fingerprint density at radius 1 is 1.05 bits per heavy atom. The summed E-state index contributed by atoms with van der Waals surface area (Å²) in [6.45, 7) is 4.74. The number of piperidine rings is 1. The second-order valence-corrected chi connectivity index (χ2v) is 5.96. The third kappa shape index (κ3) is 3.20. The molecule has 1 saturated heterocycles. The molecule has 0 spiro atoms. The van der Waals surface area contributed by atoms with Gasteiger partial charge in [0, 0.05) is 6.54 Å². The van der Waals surface area contributed by atoms with Crippen molar-refractivity contribution in [3.63, 3.8) is 0 Å². The Balaban J connectivity index is 1.62. The monoisotopic (exact) mass is 268 g/mol. The third-order valence-corrected chi connectivity index (χ3v) is 4.42. The van der Waals surface area contributed by atoms with Gasteiger partial charge in [0.15, 0.2) is 0 Å². The van der Waals surface area contributed by atoms with Crippen molar-refractivity contribution in [2.24, 2.45) is 5.92 Å². The van der Waals surface area contributed by atoms with Crippen LogP contribution in [0.15, 0.2) is 42.5 Å². The molecule has 2 heteroatoms. The molecule has 0 unspecified atom stereocenters. The summed E-state index contributed by atoms with van der Waals surface area (Å²) in [5.74, 6) is 0.868. The van der Waals surface area contributed by atoms with Crippen molar-refractivity contribution in [3.8, 4) is 0 Å². The van der Waals surface area contributed by atoms with E-state index >= 15 is 0 Å². The minimum Gasteiger partial charge on any atom is -0.319 e. The zero-order valence-electron chi connectivity index (χ0n) is 12.3. The molecule has 106 valence electrons. The molecule has 0 radical (unpaired) electrons. The Hall–Kier alpha value is -1.38. The van der Waals surface area contributed by atoms with Gasteiger partial charge < -0.3 is 5.32 Å². The topological polar surface area (TPSA) is 15.3 Å². The average Bonchev–Trinajstić information content (AvgIpc) is 2.49. The Labute approximate surface area is 121 Å². The van der Waals surface area contributed by atoms with Crippen molar-refractivity contribution in [2.45, 2.75) is 19.4 Å². The van der Waals surface area contributed by atoms with Gasteiger partial charge in [-0.2, -0.15) is 0 Å². The molecule has 1 aliphatic rings. The maximum absolute atomic E-state index is 3.30. The number of hydrogen-bond donors (Lipinski definition) is 1. The van der Waals surface area contributed by atoms with E-state index in [-0.39, 0.29) is 0 Å². The molecule has 20 heavy (non-hydrogen) atoms. The van der Waals surface area contributed by atoms with Crippen LogP contribution in [0.25, 0.3) is 10.8 Å². The highest BCUT2D eigenvalue weighted by atomic mass is 15.1. The second-order valence-electron chi connectivity index (χ2n) is 5.96. The molecule has 1 N–H and O–H groups in total. The lowest BCUT2D eigenvalue weighted by molar-refractivity contribution is 0.177. The van der Waals surface area contributed by atoms with Crippen LogP contribution in [0.4, 0.5) is 0 Å². The van der Waals surface area contributed by atoms with Crippen LogP contribution in [0, 0.1) is 5.92 Å². The highest BCUT2D eigenvalue weighted by Gasteiger charge is 2.18. The highest BCUT2D eigenvalue weighted by Crippen LogP contribution is 2.20. The summed E-state index contributed by atoms with van der Waals surface area (Å²) in [4.78, 5) is 2.59. The summed E-state index contributed by atoms with van der Waals surface area (Å²) in [5, 5.41) is 6.00. The predicted octanol–water partition coefficient (Wildman–Crippen LogP) is 3.27. The fourth-order valence-electron chi connectivity index (χ4n) is 3.23. The second kappa shape index (κ2) is 6.38. The van der Waals surface area contributed by atoms with Crippen LogP contribution >= 0.6 is 0 Å². The molecule has 1 heterocycles. The SMILES string of the molecule is CNCC1CCN(Cc2ccc3ccccc3c2)CC1. The molecule has 0 aliphatic carbocycles. The van der Waals surface area contributed by atoms with Crippen molar-refractivity contribution >= 4 is 10.8 Å². The number of likely N-dealkylation sites (tertiary alicyclic amines) is 1. The molecule has 0 saturated carbocycles. The molecule has 3 rings (SSSR count). The molecule has 1 fully saturated rings. The summed E-state index contributed by atoms with van der Waals surface area (Å²) in [6.07, 6.45) is 2.66. The number of nitrogens with zero attached hydrogens (tertiary/aromatic N) is 1. The number of benzene rings is 2. The minimum absolute atomic E-state index is 0.868. The van der Waals surface area contributed by atoms with Gasteiger partial charge in [0.1, 0.15) is 0 Å². The Morgan fingerprint density at radius 2 is 1.80 bits per heavy atom. The summed E-state index contributed by atoms with van der Waals surface area (Å²) in [7, 11) is 2.06. The Morgan fingerprint density at radius 3 is 2.55 bits per heavy atom. The molecule has 1 aliphatic heterocycles. The van der Waals surface area contributed by atoms with E-state index in [0.29, 0.717) is 0 Å². The van der Waals surface area contributed by atoms with E-state index in [1.807, 2.05) is 0 Å². The van der Waals surface area contributed by atoms with Crippen LogP contribution in [-0.2, 0) is 6.54 Å². The van der Waals surface area contributed by atoms with Crippen LogP contribution < -0.4 is 5.32 Å². The van der Waals surface area contributed by atoms with Gasteiger partial charge in [0.05, 0.1) is 0 Å². The van der Waals surface area contributed by atoms with E-state index in [9.17, 15) is 0 Å². The fraction of sp³-hybridized carbons (Fsp3) is 0.444. The first kappa shape index (κ1) is 13.6. The van der Waals surface area contributed by atoms with E-state index < -0.39 is 0 Å². The molecule has 2 aromatic rings. The first-order chi connectivity index (χ1) is 9.85. The van der Waals surface area contributed by atoms with Crippen LogP contribution in [0.1, 0.15) is 18.4 Å². The largest absolute Gasteiger partial charge is 0.319 e. The summed E-state index contributed by atoms with van der Waals surface area (Å²) in [5.41, 5.74) is 1.44. The average molecular weight is 268 g/mol. The molecule has 2 nitrogen and oxygen atoms in total. The lowest BCUT2D eigenvalue weighted by Crippen LogP contribution is -2.36. The van der Waals surface area contributed by atoms with Crippen LogP contribution in [0.5, 0.6) is 0 Å². The van der Waals surface area contributed by atoms with E-state index in [2.05, 4.69) is 59.7 Å². The smallest absolute Gasteiger partial charge is 0.0233 e. The Bertz CT molecular complexity index is 556. The van der Waals surface area contributed by atoms with Gasteiger partial charge in [-0.1, -0.05) is 36.4 Å². The van der Waals surface area contributed by atoms with Gasteiger partial charge in [-0.25, -0.2) is 0 Å². The van der Waals surface area contributed by atoms with Gasteiger partial charge in [0.25, 0.3) is 0 Å². The van der Waals surface area contributed by atoms with E-state index in [4.69, 9.17) is 0 Å². The van der Waals surface area contributed by atoms with Gasteiger partial charge >= 0.3 is 0 Å². The lowest BCUT2D eigenvalue weighted by Gasteiger charge is -2.31. The molecule has 0 aromatic heterocycles. The van der Waals surface area contributed by atoms with Crippen molar-refractivity contribution in [1.29, 1.82) is 0 Å². The number of rotatable bonds is 4. The van der Waals surface area contributed by atoms with Crippen molar-refractivity contribution in [1.82, 2.24) is 10.2 Å². The van der Waals surface area contributed by atoms with Gasteiger partial charge in [0.2, 0.25) is 0 Å². The standard InChI is InChI=1S/C18H24N2/c1-19-13-15-8-10-20(11-9-15)14-16-6-7-17-4-2-3-5-18(17)12-16/h2-7,12,15,19H,8-11,13-14H2,1H3. The van der Waals surface area contributed by atoms with Crippen LogP contribution in [-0.4, -0.2) is 31.6 Å². The summed E-state index contributed by atoms with van der Waals surface area (Å²) < 4.78 is 0. The predicted molar refractivity (Wildman–Crippen MR) is 85.9 cm³/mol. The molecule has 0 bridgehead atoms. The zero-order chi connectivity index (χ0) is 13.8. The van der Waals surface area contributed by atoms with E-state index in [1.165, 1.54) is 48.8 Å². The fourth-order valence-corrected chi connectivity index (χ4v) is 3.23. The van der Waals surface area contributed by atoms with Crippen molar-refractivity contribution in [2.75, 3.05) is 26.7 Å². The summed E-state index contributed by atoms with van der Waals surface area (Å²) >= 11 is 0. The quantitative estimate of drug-likeness (QED) is 0.915. The number of fused-ring (bicyclic) bond motifs is 1. The maximum atomic E-state index is 3.30. The number of nitrogens with one attached hydrogen (secondary N) is 1. The Kier molecular flexibility index (Phi) is 4.34. The van der Waals surface area contributed by atoms with Crippen LogP contribution in [0.3, 0.4) is 0 Å². The molecular formula is C18H24N2. The van der Waals surface area contributed by atoms with E-state index in [0.717, 1.165) is 12.5 Å². The van der Waals surface area contributed by atoms with Gasteiger partial charge in [-0.3, -0.25) is 4.90 Å². The van der Waals surface area contributed by atoms with Crippen molar-refractivity contribution < 1.29 is 0 Å². The summed E-state index contributed by atoms with van der Waals surface area (Å²) in [6, 6.07) is 15.5. The first-order valence-corrected chi connectivity index (χ1v) is 7.70. The molecule has 0 amide bonds. The number of hydrogen-bond acceptors (Lipinski definition) is 2. The molecule has 0 atom stereocenters. The third-order valence-electron chi connectivity index (χ3n) is 4.42. The normalized spacial score (nSPS) is 17.6. The first-order valence-electron chi connectivity index (χ1n) is 7.70. The zero-order valence-corrected chi connectivity index (χ0v) is 12.3.